The first-order valence-corrected chi connectivity index (χ1v) is 10.4. The highest BCUT2D eigenvalue weighted by Gasteiger charge is 2.29. The molecule has 0 aromatic heterocycles. The number of amides is 1. The van der Waals surface area contributed by atoms with Crippen molar-refractivity contribution in [1.29, 1.82) is 0 Å². The molecular weight excluding hydrogens is 366 g/mol. The van der Waals surface area contributed by atoms with Gasteiger partial charge in [0.1, 0.15) is 0 Å². The fraction of sp³-hybridized carbons (Fsp3) is 0.600. The van der Waals surface area contributed by atoms with Crippen molar-refractivity contribution in [3.63, 3.8) is 0 Å². The Morgan fingerprint density at radius 2 is 1.85 bits per heavy atom. The highest BCUT2D eigenvalue weighted by atomic mass is 35.5. The van der Waals surface area contributed by atoms with Gasteiger partial charge in [-0.25, -0.2) is 0 Å². The fourth-order valence-electron chi connectivity index (χ4n) is 3.88. The number of aryl methyl sites for hydroxylation is 1. The van der Waals surface area contributed by atoms with Gasteiger partial charge in [0.25, 0.3) is 0 Å². The van der Waals surface area contributed by atoms with Gasteiger partial charge in [-0.1, -0.05) is 36.9 Å². The number of thiocarbonyl (C=S) groups is 1. The molecule has 2 aliphatic rings. The summed E-state index contributed by atoms with van der Waals surface area (Å²) >= 11 is 11.6. The maximum atomic E-state index is 12.6. The zero-order valence-corrected chi connectivity index (χ0v) is 17.0. The molecule has 3 rings (SSSR count). The topological polar surface area (TPSA) is 44.4 Å². The second-order valence-electron chi connectivity index (χ2n) is 7.50. The molecule has 6 heteroatoms. The van der Waals surface area contributed by atoms with Crippen molar-refractivity contribution < 1.29 is 4.79 Å². The number of nitrogens with one attached hydrogen (secondary N) is 2. The zero-order valence-electron chi connectivity index (χ0n) is 15.4. The van der Waals surface area contributed by atoms with E-state index in [1.165, 1.54) is 19.3 Å². The third-order valence-corrected chi connectivity index (χ3v) is 6.15. The Morgan fingerprint density at radius 3 is 2.50 bits per heavy atom. The van der Waals surface area contributed by atoms with Crippen LogP contribution >= 0.6 is 23.8 Å². The van der Waals surface area contributed by atoms with Crippen LogP contribution in [-0.2, 0) is 4.79 Å². The van der Waals surface area contributed by atoms with Gasteiger partial charge in [0, 0.05) is 35.8 Å². The summed E-state index contributed by atoms with van der Waals surface area (Å²) in [6.45, 7) is 3.63. The van der Waals surface area contributed by atoms with Crippen molar-refractivity contribution in [2.45, 2.75) is 57.9 Å². The number of likely N-dealkylation sites (tertiary alicyclic amines) is 1. The van der Waals surface area contributed by atoms with E-state index in [1.807, 2.05) is 25.1 Å². The molecule has 142 valence electrons. The van der Waals surface area contributed by atoms with E-state index in [1.54, 1.807) is 0 Å². The third kappa shape index (κ3) is 5.10. The summed E-state index contributed by atoms with van der Waals surface area (Å²) in [7, 11) is 0. The number of halogens is 1. The summed E-state index contributed by atoms with van der Waals surface area (Å²) in [6, 6.07) is 6.14. The van der Waals surface area contributed by atoms with Crippen LogP contribution in [0.4, 0.5) is 5.69 Å². The lowest BCUT2D eigenvalue weighted by Gasteiger charge is -2.35. The smallest absolute Gasteiger partial charge is 0.225 e. The van der Waals surface area contributed by atoms with E-state index in [4.69, 9.17) is 23.8 Å². The van der Waals surface area contributed by atoms with E-state index < -0.39 is 0 Å². The number of benzene rings is 1. The van der Waals surface area contributed by atoms with Gasteiger partial charge in [-0.15, -0.1) is 0 Å². The summed E-state index contributed by atoms with van der Waals surface area (Å²) < 4.78 is 0. The molecule has 0 radical (unpaired) electrons. The van der Waals surface area contributed by atoms with Crippen molar-refractivity contribution in [2.24, 2.45) is 5.92 Å². The minimum Gasteiger partial charge on any atom is -0.360 e. The Bertz CT molecular complexity index is 652. The van der Waals surface area contributed by atoms with E-state index in [0.29, 0.717) is 17.1 Å². The van der Waals surface area contributed by atoms with E-state index in [9.17, 15) is 4.79 Å². The molecule has 0 bridgehead atoms. The Morgan fingerprint density at radius 1 is 1.15 bits per heavy atom. The summed E-state index contributed by atoms with van der Waals surface area (Å²) in [5, 5.41) is 7.92. The number of hydrogen-bond acceptors (Lipinski definition) is 2. The van der Waals surface area contributed by atoms with Crippen LogP contribution in [-0.4, -0.2) is 35.1 Å². The van der Waals surface area contributed by atoms with Crippen LogP contribution < -0.4 is 10.6 Å². The molecule has 2 fully saturated rings. The van der Waals surface area contributed by atoms with Crippen molar-refractivity contribution in [2.75, 3.05) is 18.4 Å². The van der Waals surface area contributed by atoms with Gasteiger partial charge >= 0.3 is 0 Å². The van der Waals surface area contributed by atoms with Crippen molar-refractivity contribution in [3.8, 4) is 0 Å². The third-order valence-electron chi connectivity index (χ3n) is 5.53. The zero-order chi connectivity index (χ0) is 18.5. The van der Waals surface area contributed by atoms with Crippen LogP contribution in [0.5, 0.6) is 0 Å². The van der Waals surface area contributed by atoms with Gasteiger partial charge in [-0.3, -0.25) is 4.79 Å². The van der Waals surface area contributed by atoms with E-state index in [-0.39, 0.29) is 5.92 Å². The lowest BCUT2D eigenvalue weighted by Crippen LogP contribution is -2.49. The molecule has 1 aromatic carbocycles. The van der Waals surface area contributed by atoms with E-state index in [2.05, 4.69) is 15.5 Å². The first kappa shape index (κ1) is 19.4. The van der Waals surface area contributed by atoms with Gasteiger partial charge in [-0.2, -0.15) is 0 Å². The van der Waals surface area contributed by atoms with Gasteiger partial charge in [0.15, 0.2) is 5.11 Å². The Hall–Kier alpha value is -1.33. The number of piperidine rings is 1. The molecular formula is C20H28ClN3OS. The normalized spacial score (nSPS) is 19.2. The molecule has 2 N–H and O–H groups in total. The largest absolute Gasteiger partial charge is 0.360 e. The molecule has 0 atom stereocenters. The molecule has 1 aliphatic carbocycles. The number of anilines is 1. The molecule has 26 heavy (non-hydrogen) atoms. The number of nitrogens with zero attached hydrogens (tertiary/aromatic N) is 1. The number of carbonyl (C=O) groups is 1. The van der Waals surface area contributed by atoms with E-state index in [0.717, 1.165) is 55.0 Å². The van der Waals surface area contributed by atoms with Crippen LogP contribution in [0, 0.1) is 12.8 Å². The summed E-state index contributed by atoms with van der Waals surface area (Å²) in [5.41, 5.74) is 1.94. The summed E-state index contributed by atoms with van der Waals surface area (Å²) in [6.07, 6.45) is 7.72. The van der Waals surface area contributed by atoms with Crippen molar-refractivity contribution in [3.05, 3.63) is 28.8 Å². The maximum absolute atomic E-state index is 12.6. The summed E-state index contributed by atoms with van der Waals surface area (Å²) in [4.78, 5) is 14.7. The molecule has 1 heterocycles. The lowest BCUT2D eigenvalue weighted by molar-refractivity contribution is -0.137. The second-order valence-corrected chi connectivity index (χ2v) is 8.31. The highest BCUT2D eigenvalue weighted by Crippen LogP contribution is 2.26. The average Bonchev–Trinajstić information content (AvgIpc) is 2.65. The van der Waals surface area contributed by atoms with Crippen molar-refractivity contribution in [1.82, 2.24) is 10.2 Å². The first-order chi connectivity index (χ1) is 12.5. The van der Waals surface area contributed by atoms with Gasteiger partial charge in [0.05, 0.1) is 0 Å². The van der Waals surface area contributed by atoms with Gasteiger partial charge in [-0.05, 0) is 62.5 Å². The Balaban J connectivity index is 1.43. The Labute approximate surface area is 166 Å². The van der Waals surface area contributed by atoms with Gasteiger partial charge < -0.3 is 15.5 Å². The lowest BCUT2D eigenvalue weighted by atomic mass is 9.87. The van der Waals surface area contributed by atoms with Crippen LogP contribution in [0.15, 0.2) is 18.2 Å². The van der Waals surface area contributed by atoms with Gasteiger partial charge in [0.2, 0.25) is 5.91 Å². The fourth-order valence-corrected chi connectivity index (χ4v) is 4.34. The minimum absolute atomic E-state index is 0.266. The number of carbonyl (C=O) groups excluding carboxylic acids is 1. The molecule has 1 aliphatic heterocycles. The Kier molecular flexibility index (Phi) is 6.76. The molecule has 1 saturated carbocycles. The monoisotopic (exact) mass is 393 g/mol. The quantitative estimate of drug-likeness (QED) is 0.742. The van der Waals surface area contributed by atoms with Crippen LogP contribution in [0.2, 0.25) is 5.02 Å². The number of rotatable bonds is 3. The molecule has 1 amide bonds. The van der Waals surface area contributed by atoms with Crippen LogP contribution in [0.25, 0.3) is 0 Å². The number of hydrogen-bond donors (Lipinski definition) is 2. The molecule has 0 spiro atoms. The summed E-state index contributed by atoms with van der Waals surface area (Å²) in [5.74, 6) is 0.639. The highest BCUT2D eigenvalue weighted by molar-refractivity contribution is 7.80. The van der Waals surface area contributed by atoms with Crippen molar-refractivity contribution >= 4 is 40.5 Å². The molecule has 1 saturated heterocycles. The SMILES string of the molecule is Cc1ccc(NC(=S)NC2CCN(C(=O)C3CCCCC3)CC2)cc1Cl. The first-order valence-electron chi connectivity index (χ1n) is 9.65. The van der Waals surface area contributed by atoms with E-state index >= 15 is 0 Å². The van der Waals surface area contributed by atoms with Crippen LogP contribution in [0.3, 0.4) is 0 Å². The minimum atomic E-state index is 0.266. The van der Waals surface area contributed by atoms with Crippen LogP contribution in [0.1, 0.15) is 50.5 Å². The second kappa shape index (κ2) is 9.05. The average molecular weight is 394 g/mol. The molecule has 4 nitrogen and oxygen atoms in total. The predicted octanol–water partition coefficient (Wildman–Crippen LogP) is 4.51. The predicted molar refractivity (Wildman–Crippen MR) is 112 cm³/mol. The standard InChI is InChI=1S/C20H28ClN3OS/c1-14-7-8-17(13-18(14)21)23-20(26)22-16-9-11-24(12-10-16)19(25)15-5-3-2-4-6-15/h7-8,13,15-16H,2-6,9-12H2,1H3,(H2,22,23,26). The maximum Gasteiger partial charge on any atom is 0.225 e. The molecule has 1 aromatic rings. The molecule has 0 unspecified atom stereocenters.